The molecular formula is C14H10F4O2. The number of hydrogen-bond acceptors (Lipinski definition) is 2. The van der Waals surface area contributed by atoms with Crippen molar-refractivity contribution < 1.29 is 27.4 Å². The van der Waals surface area contributed by atoms with Crippen molar-refractivity contribution in [3.63, 3.8) is 0 Å². The molecule has 0 fully saturated rings. The summed E-state index contributed by atoms with van der Waals surface area (Å²) >= 11 is 0. The van der Waals surface area contributed by atoms with Gasteiger partial charge in [-0.2, -0.15) is 13.2 Å². The fraction of sp³-hybridized carbons (Fsp3) is 0.143. The van der Waals surface area contributed by atoms with E-state index in [1.807, 2.05) is 0 Å². The van der Waals surface area contributed by atoms with Gasteiger partial charge in [0, 0.05) is 0 Å². The molecule has 0 amide bonds. The minimum Gasteiger partial charge on any atom is -0.454 e. The summed E-state index contributed by atoms with van der Waals surface area (Å²) in [5.74, 6) is -0.908. The largest absolute Gasteiger partial charge is 0.454 e. The zero-order valence-corrected chi connectivity index (χ0v) is 10.1. The first-order valence-corrected chi connectivity index (χ1v) is 5.65. The van der Waals surface area contributed by atoms with E-state index in [0.29, 0.717) is 0 Å². The van der Waals surface area contributed by atoms with Crippen LogP contribution in [-0.2, 0) is 0 Å². The molecular weight excluding hydrogens is 276 g/mol. The highest BCUT2D eigenvalue weighted by Gasteiger charge is 2.39. The van der Waals surface area contributed by atoms with Gasteiger partial charge in [0.25, 0.3) is 0 Å². The molecule has 0 radical (unpaired) electrons. The molecule has 1 atom stereocenters. The average Bonchev–Trinajstić information content (AvgIpc) is 2.40. The lowest BCUT2D eigenvalue weighted by Crippen LogP contribution is -2.20. The van der Waals surface area contributed by atoms with Crippen LogP contribution < -0.4 is 4.74 Å². The summed E-state index contributed by atoms with van der Waals surface area (Å²) in [5, 5.41) is 9.14. The van der Waals surface area contributed by atoms with E-state index >= 15 is 0 Å². The first kappa shape index (κ1) is 14.3. The number of ether oxygens (including phenoxy) is 1. The van der Waals surface area contributed by atoms with Crippen molar-refractivity contribution in [2.45, 2.75) is 12.3 Å². The quantitative estimate of drug-likeness (QED) is 0.856. The third-order valence-corrected chi connectivity index (χ3v) is 2.55. The Bertz CT molecular complexity index is 581. The highest BCUT2D eigenvalue weighted by molar-refractivity contribution is 5.36. The lowest BCUT2D eigenvalue weighted by atomic mass is 10.1. The molecule has 0 aliphatic heterocycles. The number of alkyl halides is 3. The second kappa shape index (κ2) is 5.50. The van der Waals surface area contributed by atoms with Crippen LogP contribution in [0.3, 0.4) is 0 Å². The van der Waals surface area contributed by atoms with Crippen LogP contribution in [0.4, 0.5) is 17.6 Å². The molecule has 1 N–H and O–H groups in total. The molecule has 6 heteroatoms. The Morgan fingerprint density at radius 1 is 1.00 bits per heavy atom. The van der Waals surface area contributed by atoms with Crippen molar-refractivity contribution in [1.82, 2.24) is 0 Å². The van der Waals surface area contributed by atoms with Crippen molar-refractivity contribution in [3.8, 4) is 11.5 Å². The number of aliphatic hydroxyl groups is 1. The molecule has 2 aromatic rings. The first-order chi connectivity index (χ1) is 9.38. The molecule has 106 valence electrons. The zero-order valence-electron chi connectivity index (χ0n) is 10.1. The molecule has 2 nitrogen and oxygen atoms in total. The average molecular weight is 286 g/mol. The van der Waals surface area contributed by atoms with E-state index < -0.39 is 23.7 Å². The number of hydrogen-bond donors (Lipinski definition) is 1. The predicted molar refractivity (Wildman–Crippen MR) is 63.9 cm³/mol. The van der Waals surface area contributed by atoms with E-state index in [1.54, 1.807) is 18.2 Å². The summed E-state index contributed by atoms with van der Waals surface area (Å²) < 4.78 is 55.9. The Labute approximate surface area is 112 Å². The number of halogens is 4. The van der Waals surface area contributed by atoms with Crippen LogP contribution in [0.1, 0.15) is 11.7 Å². The fourth-order valence-electron chi connectivity index (χ4n) is 1.57. The Morgan fingerprint density at radius 3 is 2.25 bits per heavy atom. The smallest absolute Gasteiger partial charge is 0.418 e. The fourth-order valence-corrected chi connectivity index (χ4v) is 1.57. The van der Waals surface area contributed by atoms with Gasteiger partial charge >= 0.3 is 6.18 Å². The number of rotatable bonds is 3. The Hall–Kier alpha value is -2.08. The summed E-state index contributed by atoms with van der Waals surface area (Å²) in [7, 11) is 0. The lowest BCUT2D eigenvalue weighted by molar-refractivity contribution is -0.206. The van der Waals surface area contributed by atoms with Crippen molar-refractivity contribution in [2.75, 3.05) is 0 Å². The summed E-state index contributed by atoms with van der Waals surface area (Å²) in [6.45, 7) is 0. The van der Waals surface area contributed by atoms with Gasteiger partial charge in [-0.3, -0.25) is 0 Å². The highest BCUT2D eigenvalue weighted by atomic mass is 19.4. The van der Waals surface area contributed by atoms with Crippen LogP contribution in [0.5, 0.6) is 11.5 Å². The number of para-hydroxylation sites is 1. The monoisotopic (exact) mass is 286 g/mol. The Morgan fingerprint density at radius 2 is 1.65 bits per heavy atom. The van der Waals surface area contributed by atoms with Gasteiger partial charge in [0.1, 0.15) is 5.75 Å². The van der Waals surface area contributed by atoms with Gasteiger partial charge in [-0.15, -0.1) is 0 Å². The number of benzene rings is 2. The van der Waals surface area contributed by atoms with Crippen molar-refractivity contribution >= 4 is 0 Å². The molecule has 2 rings (SSSR count). The molecule has 0 saturated heterocycles. The molecule has 0 saturated carbocycles. The van der Waals surface area contributed by atoms with Gasteiger partial charge in [-0.25, -0.2) is 4.39 Å². The van der Waals surface area contributed by atoms with Crippen LogP contribution >= 0.6 is 0 Å². The molecule has 0 heterocycles. The summed E-state index contributed by atoms with van der Waals surface area (Å²) in [5.41, 5.74) is -0.482. The minimum atomic E-state index is -4.82. The van der Waals surface area contributed by atoms with E-state index in [9.17, 15) is 17.6 Å². The maximum atomic E-state index is 13.5. The summed E-state index contributed by atoms with van der Waals surface area (Å²) in [6, 6.07) is 10.6. The second-order valence-electron chi connectivity index (χ2n) is 4.05. The molecule has 2 aromatic carbocycles. The maximum absolute atomic E-state index is 13.5. The molecule has 0 bridgehead atoms. The second-order valence-corrected chi connectivity index (χ2v) is 4.05. The van der Waals surface area contributed by atoms with Crippen molar-refractivity contribution in [2.24, 2.45) is 0 Å². The van der Waals surface area contributed by atoms with Crippen LogP contribution in [0.2, 0.25) is 0 Å². The molecule has 0 spiro atoms. The molecule has 0 aromatic heterocycles. The maximum Gasteiger partial charge on any atom is 0.418 e. The molecule has 0 aliphatic rings. The predicted octanol–water partition coefficient (Wildman–Crippen LogP) is 4.21. The number of aliphatic hydroxyl groups excluding tert-OH is 1. The Balaban J connectivity index is 2.30. The van der Waals surface area contributed by atoms with E-state index in [1.165, 1.54) is 12.1 Å². The Kier molecular flexibility index (Phi) is 3.94. The minimum absolute atomic E-state index is 0.282. The standard InChI is InChI=1S/C14H10F4O2/c15-11-7-6-9(13(19)14(16,17)18)8-12(11)20-10-4-2-1-3-5-10/h1-8,13,19H. The van der Waals surface area contributed by atoms with E-state index in [2.05, 4.69) is 0 Å². The molecule has 1 unspecified atom stereocenters. The van der Waals surface area contributed by atoms with Crippen LogP contribution in [0.15, 0.2) is 48.5 Å². The van der Waals surface area contributed by atoms with Gasteiger partial charge in [0.2, 0.25) is 0 Å². The van der Waals surface area contributed by atoms with Crippen LogP contribution in [0, 0.1) is 5.82 Å². The summed E-state index contributed by atoms with van der Waals surface area (Å²) in [6.07, 6.45) is -7.50. The third-order valence-electron chi connectivity index (χ3n) is 2.55. The van der Waals surface area contributed by atoms with Gasteiger partial charge in [-0.1, -0.05) is 24.3 Å². The topological polar surface area (TPSA) is 29.5 Å². The zero-order chi connectivity index (χ0) is 14.8. The van der Waals surface area contributed by atoms with E-state index in [0.717, 1.165) is 18.2 Å². The van der Waals surface area contributed by atoms with Crippen LogP contribution in [-0.4, -0.2) is 11.3 Å². The molecule has 20 heavy (non-hydrogen) atoms. The van der Waals surface area contributed by atoms with Gasteiger partial charge in [-0.05, 0) is 29.8 Å². The third kappa shape index (κ3) is 3.27. The van der Waals surface area contributed by atoms with Gasteiger partial charge in [0.15, 0.2) is 17.7 Å². The summed E-state index contributed by atoms with van der Waals surface area (Å²) in [4.78, 5) is 0. The molecule has 0 aliphatic carbocycles. The first-order valence-electron chi connectivity index (χ1n) is 5.65. The highest BCUT2D eigenvalue weighted by Crippen LogP contribution is 2.35. The van der Waals surface area contributed by atoms with E-state index in [-0.39, 0.29) is 11.5 Å². The van der Waals surface area contributed by atoms with E-state index in [4.69, 9.17) is 9.84 Å². The lowest BCUT2D eigenvalue weighted by Gasteiger charge is -2.16. The van der Waals surface area contributed by atoms with Crippen LogP contribution in [0.25, 0.3) is 0 Å². The van der Waals surface area contributed by atoms with Crippen molar-refractivity contribution in [1.29, 1.82) is 0 Å². The normalized spacial score (nSPS) is 13.1. The SMILES string of the molecule is OC(c1ccc(F)c(Oc2ccccc2)c1)C(F)(F)F. The van der Waals surface area contributed by atoms with Gasteiger partial charge in [0.05, 0.1) is 0 Å². The van der Waals surface area contributed by atoms with Gasteiger partial charge < -0.3 is 9.84 Å². The van der Waals surface area contributed by atoms with Crippen molar-refractivity contribution in [3.05, 3.63) is 59.9 Å².